The number of benzene rings is 2. The Balaban J connectivity index is 1.24. The van der Waals surface area contributed by atoms with Crippen LogP contribution in [0.1, 0.15) is 40.2 Å². The fraction of sp³-hybridized carbons (Fsp3) is 0.292. The lowest BCUT2D eigenvalue weighted by Crippen LogP contribution is -2.31. The van der Waals surface area contributed by atoms with Crippen molar-refractivity contribution in [3.8, 4) is 5.75 Å². The van der Waals surface area contributed by atoms with Gasteiger partial charge in [-0.05, 0) is 30.2 Å². The lowest BCUT2D eigenvalue weighted by molar-refractivity contribution is 0.0942. The summed E-state index contributed by atoms with van der Waals surface area (Å²) in [4.78, 5) is 30.7. The Bertz CT molecular complexity index is 1030. The van der Waals surface area contributed by atoms with E-state index in [1.165, 1.54) is 11.3 Å². The van der Waals surface area contributed by atoms with Crippen molar-refractivity contribution >= 4 is 23.3 Å². The molecular formula is C24H25N3O4S. The number of hydrogen-bond donors (Lipinski definition) is 1. The number of nitrogens with one attached hydrogen (secondary N) is 1. The molecule has 32 heavy (non-hydrogen) atoms. The molecule has 1 saturated heterocycles. The molecule has 1 fully saturated rings. The minimum Gasteiger partial charge on any atom is -0.489 e. The molecule has 2 aromatic carbocycles. The molecule has 1 aliphatic heterocycles. The molecule has 1 aliphatic rings. The molecule has 0 radical (unpaired) electrons. The fourth-order valence-corrected chi connectivity index (χ4v) is 4.03. The molecule has 2 heterocycles. The highest BCUT2D eigenvalue weighted by molar-refractivity contribution is 7.11. The first-order valence-corrected chi connectivity index (χ1v) is 11.4. The maximum absolute atomic E-state index is 12.3. The van der Waals surface area contributed by atoms with Crippen LogP contribution in [0.2, 0.25) is 0 Å². The van der Waals surface area contributed by atoms with Gasteiger partial charge in [-0.3, -0.25) is 9.78 Å². The third-order valence-corrected chi connectivity index (χ3v) is 6.07. The predicted octanol–water partition coefficient (Wildman–Crippen LogP) is 4.42. The molecule has 0 saturated carbocycles. The average Bonchev–Trinajstić information content (AvgIpc) is 3.51. The number of ether oxygens (including phenoxy) is 2. The van der Waals surface area contributed by atoms with Gasteiger partial charge in [0.25, 0.3) is 5.91 Å². The van der Waals surface area contributed by atoms with Crippen molar-refractivity contribution in [1.82, 2.24) is 15.2 Å². The fourth-order valence-electron chi connectivity index (χ4n) is 3.51. The second-order valence-corrected chi connectivity index (χ2v) is 8.53. The second-order valence-electron chi connectivity index (χ2n) is 7.64. The minimum atomic E-state index is -0.319. The summed E-state index contributed by atoms with van der Waals surface area (Å²) in [7, 11) is 0. The highest BCUT2D eigenvalue weighted by Gasteiger charge is 2.28. The molecule has 4 rings (SSSR count). The summed E-state index contributed by atoms with van der Waals surface area (Å²) < 4.78 is 11.5. The van der Waals surface area contributed by atoms with E-state index in [0.717, 1.165) is 23.3 Å². The van der Waals surface area contributed by atoms with Crippen LogP contribution in [0.4, 0.5) is 4.79 Å². The zero-order chi connectivity index (χ0) is 22.3. The summed E-state index contributed by atoms with van der Waals surface area (Å²) in [5.74, 6) is 0.602. The van der Waals surface area contributed by atoms with Gasteiger partial charge in [-0.2, -0.15) is 0 Å². The average molecular weight is 452 g/mol. The van der Waals surface area contributed by atoms with Gasteiger partial charge in [-0.1, -0.05) is 42.5 Å². The van der Waals surface area contributed by atoms with E-state index in [0.29, 0.717) is 18.0 Å². The van der Waals surface area contributed by atoms with E-state index in [1.54, 1.807) is 16.6 Å². The Morgan fingerprint density at radius 3 is 2.69 bits per heavy atom. The maximum atomic E-state index is 12.3. The molecule has 8 heteroatoms. The van der Waals surface area contributed by atoms with Gasteiger partial charge in [0.05, 0.1) is 24.3 Å². The van der Waals surface area contributed by atoms with E-state index in [-0.39, 0.29) is 30.8 Å². The molecule has 0 bridgehead atoms. The summed E-state index contributed by atoms with van der Waals surface area (Å²) >= 11 is 1.31. The van der Waals surface area contributed by atoms with Gasteiger partial charge in [-0.25, -0.2) is 4.79 Å². The van der Waals surface area contributed by atoms with Crippen LogP contribution in [-0.4, -0.2) is 41.1 Å². The molecule has 7 nitrogen and oxygen atoms in total. The summed E-state index contributed by atoms with van der Waals surface area (Å²) in [6, 6.07) is 17.1. The zero-order valence-corrected chi connectivity index (χ0v) is 18.6. The van der Waals surface area contributed by atoms with Gasteiger partial charge in [0.2, 0.25) is 0 Å². The monoisotopic (exact) mass is 451 g/mol. The van der Waals surface area contributed by atoms with Crippen LogP contribution in [0.5, 0.6) is 5.75 Å². The first kappa shape index (κ1) is 21.8. The number of thiazole rings is 1. The number of likely N-dealkylation sites (tertiary alicyclic amines) is 1. The third-order valence-electron chi connectivity index (χ3n) is 5.29. The first-order chi connectivity index (χ1) is 15.6. The normalized spacial score (nSPS) is 16.4. The highest BCUT2D eigenvalue weighted by atomic mass is 32.1. The predicted molar refractivity (Wildman–Crippen MR) is 122 cm³/mol. The van der Waals surface area contributed by atoms with Crippen LogP contribution in [-0.2, 0) is 11.3 Å². The van der Waals surface area contributed by atoms with Crippen molar-refractivity contribution in [3.05, 3.63) is 82.3 Å². The molecule has 166 valence electrons. The SMILES string of the molecule is C[C@H](NC(=O)c1cncs1)c1ccc(O[C@@H]2CCN(C(=O)OCc3ccccc3)C2)cc1. The zero-order valence-electron chi connectivity index (χ0n) is 17.8. The Hall–Kier alpha value is -3.39. The Morgan fingerprint density at radius 2 is 1.97 bits per heavy atom. The van der Waals surface area contributed by atoms with E-state index < -0.39 is 0 Å². The van der Waals surface area contributed by atoms with Crippen LogP contribution in [0.25, 0.3) is 0 Å². The minimum absolute atomic E-state index is 0.0754. The van der Waals surface area contributed by atoms with Crippen molar-refractivity contribution in [3.63, 3.8) is 0 Å². The molecule has 2 atom stereocenters. The lowest BCUT2D eigenvalue weighted by Gasteiger charge is -2.18. The maximum Gasteiger partial charge on any atom is 0.410 e. The van der Waals surface area contributed by atoms with Gasteiger partial charge in [0.1, 0.15) is 23.3 Å². The van der Waals surface area contributed by atoms with Gasteiger partial charge < -0.3 is 19.7 Å². The van der Waals surface area contributed by atoms with Gasteiger partial charge in [0.15, 0.2) is 0 Å². The molecular weight excluding hydrogens is 426 g/mol. The van der Waals surface area contributed by atoms with E-state index in [1.807, 2.05) is 61.5 Å². The van der Waals surface area contributed by atoms with Gasteiger partial charge >= 0.3 is 6.09 Å². The topological polar surface area (TPSA) is 80.8 Å². The summed E-state index contributed by atoms with van der Waals surface area (Å²) in [5, 5.41) is 2.97. The standard InChI is InChI=1S/C24H25N3O4S/c1-17(26-23(28)22-13-25-16-32-22)19-7-9-20(10-8-19)31-21-11-12-27(14-21)24(29)30-15-18-5-3-2-4-6-18/h2-10,13,16-17,21H,11-12,14-15H2,1H3,(H,26,28)/t17-,21+/m0/s1. The van der Waals surface area contributed by atoms with Crippen LogP contribution in [0.3, 0.4) is 0 Å². The van der Waals surface area contributed by atoms with Crippen LogP contribution < -0.4 is 10.1 Å². The van der Waals surface area contributed by atoms with Crippen molar-refractivity contribution in [2.24, 2.45) is 0 Å². The number of aromatic nitrogens is 1. The number of nitrogens with zero attached hydrogens (tertiary/aromatic N) is 2. The quantitative estimate of drug-likeness (QED) is 0.575. The van der Waals surface area contributed by atoms with Crippen molar-refractivity contribution in [2.45, 2.75) is 32.1 Å². The number of hydrogen-bond acceptors (Lipinski definition) is 6. The molecule has 3 aromatic rings. The molecule has 0 aliphatic carbocycles. The third kappa shape index (κ3) is 5.64. The Kier molecular flexibility index (Phi) is 7.01. The lowest BCUT2D eigenvalue weighted by atomic mass is 10.1. The van der Waals surface area contributed by atoms with Crippen molar-refractivity contribution < 1.29 is 19.1 Å². The number of carbonyl (C=O) groups is 2. The number of carbonyl (C=O) groups excluding carboxylic acids is 2. The molecule has 0 unspecified atom stereocenters. The Morgan fingerprint density at radius 1 is 1.19 bits per heavy atom. The largest absolute Gasteiger partial charge is 0.489 e. The van der Waals surface area contributed by atoms with Crippen LogP contribution >= 0.6 is 11.3 Å². The summed E-state index contributed by atoms with van der Waals surface area (Å²) in [6.07, 6.45) is 1.92. The molecule has 1 N–H and O–H groups in total. The van der Waals surface area contributed by atoms with Gasteiger partial charge in [0, 0.05) is 13.0 Å². The first-order valence-electron chi connectivity index (χ1n) is 10.5. The smallest absolute Gasteiger partial charge is 0.410 e. The molecule has 2 amide bonds. The Labute approximate surface area is 191 Å². The summed E-state index contributed by atoms with van der Waals surface area (Å²) in [5.41, 5.74) is 3.58. The highest BCUT2D eigenvalue weighted by Crippen LogP contribution is 2.22. The molecule has 0 spiro atoms. The number of rotatable bonds is 7. The second kappa shape index (κ2) is 10.3. The van der Waals surface area contributed by atoms with E-state index in [2.05, 4.69) is 10.3 Å². The van der Waals surface area contributed by atoms with Crippen molar-refractivity contribution in [1.29, 1.82) is 0 Å². The van der Waals surface area contributed by atoms with E-state index in [4.69, 9.17) is 9.47 Å². The summed E-state index contributed by atoms with van der Waals surface area (Å²) in [6.45, 7) is 3.30. The van der Waals surface area contributed by atoms with Crippen LogP contribution in [0, 0.1) is 0 Å². The van der Waals surface area contributed by atoms with E-state index in [9.17, 15) is 9.59 Å². The number of amides is 2. The van der Waals surface area contributed by atoms with E-state index >= 15 is 0 Å². The van der Waals surface area contributed by atoms with Gasteiger partial charge in [-0.15, -0.1) is 11.3 Å². The molecule has 1 aromatic heterocycles. The van der Waals surface area contributed by atoms with Crippen LogP contribution in [0.15, 0.2) is 66.3 Å². The van der Waals surface area contributed by atoms with Crippen molar-refractivity contribution in [2.75, 3.05) is 13.1 Å².